The third-order valence-corrected chi connectivity index (χ3v) is 3.48. The van der Waals surface area contributed by atoms with E-state index >= 15 is 0 Å². The molecule has 15 heavy (non-hydrogen) atoms. The zero-order chi connectivity index (χ0) is 10.4. The van der Waals surface area contributed by atoms with E-state index in [1.807, 2.05) is 6.07 Å². The zero-order valence-corrected chi connectivity index (χ0v) is 9.80. The largest absolute Gasteiger partial charge is 0.460 e. The molecule has 0 unspecified atom stereocenters. The Hall–Kier alpha value is -0.800. The molecule has 0 aliphatic heterocycles. The van der Waals surface area contributed by atoms with Crippen LogP contribution in [0.15, 0.2) is 21.0 Å². The van der Waals surface area contributed by atoms with E-state index in [4.69, 9.17) is 4.42 Å². The summed E-state index contributed by atoms with van der Waals surface area (Å²) < 4.78 is 6.82. The van der Waals surface area contributed by atoms with E-state index in [0.717, 1.165) is 34.2 Å². The second kappa shape index (κ2) is 3.35. The summed E-state index contributed by atoms with van der Waals surface area (Å²) in [5.41, 5.74) is 3.07. The van der Waals surface area contributed by atoms with E-state index in [9.17, 15) is 5.11 Å². The lowest BCUT2D eigenvalue weighted by atomic mass is 10.1. The monoisotopic (exact) mass is 266 g/mol. The van der Waals surface area contributed by atoms with Crippen LogP contribution >= 0.6 is 15.9 Å². The van der Waals surface area contributed by atoms with Gasteiger partial charge in [0.05, 0.1) is 6.61 Å². The SMILES string of the molecule is OCc1cc(Br)cc2c3c(oc12)CCC3. The first-order chi connectivity index (χ1) is 7.29. The Labute approximate surface area is 96.0 Å². The molecule has 0 saturated heterocycles. The zero-order valence-electron chi connectivity index (χ0n) is 8.22. The van der Waals surface area contributed by atoms with Gasteiger partial charge in [-0.25, -0.2) is 0 Å². The molecule has 0 fully saturated rings. The van der Waals surface area contributed by atoms with Gasteiger partial charge < -0.3 is 9.52 Å². The summed E-state index contributed by atoms with van der Waals surface area (Å²) in [6, 6.07) is 4.00. The van der Waals surface area contributed by atoms with Crippen LogP contribution in [0.25, 0.3) is 11.0 Å². The van der Waals surface area contributed by atoms with Gasteiger partial charge in [0.15, 0.2) is 0 Å². The van der Waals surface area contributed by atoms with Crippen LogP contribution < -0.4 is 0 Å². The van der Waals surface area contributed by atoms with E-state index in [1.165, 1.54) is 17.4 Å². The maximum absolute atomic E-state index is 9.27. The van der Waals surface area contributed by atoms with Gasteiger partial charge in [-0.05, 0) is 25.0 Å². The minimum Gasteiger partial charge on any atom is -0.460 e. The van der Waals surface area contributed by atoms with Crippen LogP contribution in [0.5, 0.6) is 0 Å². The highest BCUT2D eigenvalue weighted by atomic mass is 79.9. The lowest BCUT2D eigenvalue weighted by molar-refractivity contribution is 0.281. The quantitative estimate of drug-likeness (QED) is 0.860. The Kier molecular flexibility index (Phi) is 2.11. The molecule has 1 aromatic heterocycles. The summed E-state index contributed by atoms with van der Waals surface area (Å²) in [5, 5.41) is 10.4. The smallest absolute Gasteiger partial charge is 0.140 e. The van der Waals surface area contributed by atoms with Crippen LogP contribution in [0, 0.1) is 0 Å². The summed E-state index contributed by atoms with van der Waals surface area (Å²) in [7, 11) is 0. The Bertz CT molecular complexity index is 528. The molecule has 0 atom stereocenters. The molecule has 1 aliphatic rings. The number of fused-ring (bicyclic) bond motifs is 3. The van der Waals surface area contributed by atoms with Gasteiger partial charge >= 0.3 is 0 Å². The topological polar surface area (TPSA) is 33.4 Å². The van der Waals surface area contributed by atoms with Crippen molar-refractivity contribution in [1.82, 2.24) is 0 Å². The number of halogens is 1. The Morgan fingerprint density at radius 1 is 1.33 bits per heavy atom. The molecule has 3 heteroatoms. The van der Waals surface area contributed by atoms with Crippen molar-refractivity contribution in [3.63, 3.8) is 0 Å². The molecule has 0 radical (unpaired) electrons. The van der Waals surface area contributed by atoms with Crippen LogP contribution in [-0.4, -0.2) is 5.11 Å². The fraction of sp³-hybridized carbons (Fsp3) is 0.333. The molecular weight excluding hydrogens is 256 g/mol. The van der Waals surface area contributed by atoms with E-state index in [0.29, 0.717) is 0 Å². The minimum absolute atomic E-state index is 0.0301. The maximum Gasteiger partial charge on any atom is 0.140 e. The summed E-state index contributed by atoms with van der Waals surface area (Å²) >= 11 is 3.46. The molecule has 1 aliphatic carbocycles. The van der Waals surface area contributed by atoms with Crippen LogP contribution in [0.4, 0.5) is 0 Å². The predicted molar refractivity (Wildman–Crippen MR) is 61.9 cm³/mol. The third-order valence-electron chi connectivity index (χ3n) is 3.02. The van der Waals surface area contributed by atoms with E-state index in [1.54, 1.807) is 0 Å². The van der Waals surface area contributed by atoms with E-state index in [-0.39, 0.29) is 6.61 Å². The average molecular weight is 267 g/mol. The number of furan rings is 1. The van der Waals surface area contributed by atoms with Gasteiger partial charge in [-0.15, -0.1) is 0 Å². The fourth-order valence-corrected chi connectivity index (χ4v) is 2.85. The lowest BCUT2D eigenvalue weighted by Gasteiger charge is -2.00. The molecule has 78 valence electrons. The molecule has 0 amide bonds. The molecule has 2 nitrogen and oxygen atoms in total. The van der Waals surface area contributed by atoms with Crippen molar-refractivity contribution in [2.75, 3.05) is 0 Å². The summed E-state index contributed by atoms with van der Waals surface area (Å²) in [5.74, 6) is 1.11. The lowest BCUT2D eigenvalue weighted by Crippen LogP contribution is -1.85. The standard InChI is InChI=1S/C12H11BrO2/c13-8-4-7(6-14)12-10(5-8)9-2-1-3-11(9)15-12/h4-5,14H,1-3,6H2. The van der Waals surface area contributed by atoms with Crippen LogP contribution in [-0.2, 0) is 19.4 Å². The highest BCUT2D eigenvalue weighted by molar-refractivity contribution is 9.10. The highest BCUT2D eigenvalue weighted by Crippen LogP contribution is 2.36. The maximum atomic E-state index is 9.27. The van der Waals surface area contributed by atoms with Gasteiger partial charge in [-0.1, -0.05) is 15.9 Å². The minimum atomic E-state index is 0.0301. The van der Waals surface area contributed by atoms with Crippen molar-refractivity contribution in [2.24, 2.45) is 0 Å². The molecular formula is C12H11BrO2. The summed E-state index contributed by atoms with van der Waals surface area (Å²) in [6.07, 6.45) is 3.32. The molecule has 1 N–H and O–H groups in total. The molecule has 0 spiro atoms. The van der Waals surface area contributed by atoms with Crippen LogP contribution in [0.2, 0.25) is 0 Å². The highest BCUT2D eigenvalue weighted by Gasteiger charge is 2.21. The first kappa shape index (κ1) is 9.43. The van der Waals surface area contributed by atoms with Crippen molar-refractivity contribution in [2.45, 2.75) is 25.9 Å². The number of hydrogen-bond acceptors (Lipinski definition) is 2. The molecule has 1 heterocycles. The Balaban J connectivity index is 2.38. The number of benzene rings is 1. The summed E-state index contributed by atoms with van der Waals surface area (Å²) in [4.78, 5) is 0. The Morgan fingerprint density at radius 2 is 2.20 bits per heavy atom. The summed E-state index contributed by atoms with van der Waals surface area (Å²) in [6.45, 7) is 0.0301. The number of rotatable bonds is 1. The van der Waals surface area contributed by atoms with Gasteiger partial charge in [0.25, 0.3) is 0 Å². The van der Waals surface area contributed by atoms with Crippen molar-refractivity contribution in [3.8, 4) is 0 Å². The molecule has 1 aromatic carbocycles. The average Bonchev–Trinajstić information content (AvgIpc) is 2.77. The van der Waals surface area contributed by atoms with Crippen molar-refractivity contribution in [3.05, 3.63) is 33.5 Å². The third kappa shape index (κ3) is 1.34. The van der Waals surface area contributed by atoms with Crippen molar-refractivity contribution in [1.29, 1.82) is 0 Å². The van der Waals surface area contributed by atoms with Crippen molar-refractivity contribution >= 4 is 26.9 Å². The molecule has 0 bridgehead atoms. The van der Waals surface area contributed by atoms with Gasteiger partial charge in [-0.2, -0.15) is 0 Å². The number of aliphatic hydroxyl groups is 1. The van der Waals surface area contributed by atoms with Crippen LogP contribution in [0.1, 0.15) is 23.3 Å². The number of aryl methyl sites for hydroxylation is 2. The van der Waals surface area contributed by atoms with E-state index in [2.05, 4.69) is 22.0 Å². The number of aliphatic hydroxyl groups excluding tert-OH is 1. The Morgan fingerprint density at radius 3 is 3.00 bits per heavy atom. The normalized spacial score (nSPS) is 14.8. The van der Waals surface area contributed by atoms with Crippen LogP contribution in [0.3, 0.4) is 0 Å². The van der Waals surface area contributed by atoms with Crippen molar-refractivity contribution < 1.29 is 9.52 Å². The second-order valence-electron chi connectivity index (χ2n) is 3.96. The number of hydrogen-bond donors (Lipinski definition) is 1. The van der Waals surface area contributed by atoms with Gasteiger partial charge in [0, 0.05) is 27.4 Å². The van der Waals surface area contributed by atoms with Gasteiger partial charge in [-0.3, -0.25) is 0 Å². The van der Waals surface area contributed by atoms with Gasteiger partial charge in [0.2, 0.25) is 0 Å². The molecule has 2 aromatic rings. The molecule has 3 rings (SSSR count). The van der Waals surface area contributed by atoms with Gasteiger partial charge in [0.1, 0.15) is 11.3 Å². The second-order valence-corrected chi connectivity index (χ2v) is 4.87. The first-order valence-electron chi connectivity index (χ1n) is 5.13. The molecule has 0 saturated carbocycles. The fourth-order valence-electron chi connectivity index (χ4n) is 2.35. The van der Waals surface area contributed by atoms with E-state index < -0.39 is 0 Å². The predicted octanol–water partition coefficient (Wildman–Crippen LogP) is 3.18. The first-order valence-corrected chi connectivity index (χ1v) is 5.92.